The van der Waals surface area contributed by atoms with Crippen molar-refractivity contribution in [3.63, 3.8) is 0 Å². The maximum Gasteiger partial charge on any atom is 0.214 e. The molecule has 86 valence electrons. The molecule has 0 radical (unpaired) electrons. The fourth-order valence-electron chi connectivity index (χ4n) is 1.14. The lowest BCUT2D eigenvalue weighted by atomic mass is 10.2. The van der Waals surface area contributed by atoms with E-state index in [1.807, 2.05) is 30.3 Å². The molecule has 1 aromatic heterocycles. The molecule has 1 aromatic carbocycles. The van der Waals surface area contributed by atoms with Crippen LogP contribution in [0.3, 0.4) is 0 Å². The van der Waals surface area contributed by atoms with Crippen LogP contribution < -0.4 is 5.32 Å². The summed E-state index contributed by atoms with van der Waals surface area (Å²) in [6.45, 7) is 6.39. The van der Waals surface area contributed by atoms with Crippen LogP contribution >= 0.6 is 0 Å². The molecule has 4 nitrogen and oxygen atoms in total. The van der Waals surface area contributed by atoms with Crippen LogP contribution in [0.2, 0.25) is 0 Å². The number of benzene rings is 1. The molecule has 0 unspecified atom stereocenters. The molecular weight excluding hydrogens is 202 g/mol. The molecule has 0 spiro atoms. The van der Waals surface area contributed by atoms with E-state index in [9.17, 15) is 0 Å². The predicted molar refractivity (Wildman–Crippen MR) is 64.0 cm³/mol. The number of hydrogen-bond acceptors (Lipinski definition) is 4. The first-order valence-electron chi connectivity index (χ1n) is 5.41. The van der Waals surface area contributed by atoms with Crippen molar-refractivity contribution in [3.8, 4) is 11.4 Å². The van der Waals surface area contributed by atoms with Gasteiger partial charge < -0.3 is 9.84 Å². The Morgan fingerprint density at radius 2 is 1.81 bits per heavy atom. The summed E-state index contributed by atoms with van der Waals surface area (Å²) < 4.78 is 4.61. The lowest BCUT2D eigenvalue weighted by Gasteiger charge is -1.89. The lowest BCUT2D eigenvalue weighted by Crippen LogP contribution is -2.09. The SMILES string of the molecule is CCNCC.c1ccc(-c2ncon2)cc1. The summed E-state index contributed by atoms with van der Waals surface area (Å²) in [6, 6.07) is 9.69. The molecular formula is C12H17N3O. The molecule has 0 aliphatic heterocycles. The van der Waals surface area contributed by atoms with Crippen LogP contribution in [0.15, 0.2) is 41.2 Å². The van der Waals surface area contributed by atoms with Crippen LogP contribution in [0.25, 0.3) is 11.4 Å². The van der Waals surface area contributed by atoms with Gasteiger partial charge in [-0.25, -0.2) is 0 Å². The predicted octanol–water partition coefficient (Wildman–Crippen LogP) is 2.35. The Morgan fingerprint density at radius 3 is 2.25 bits per heavy atom. The highest BCUT2D eigenvalue weighted by atomic mass is 16.5. The van der Waals surface area contributed by atoms with Gasteiger partial charge in [0.1, 0.15) is 0 Å². The van der Waals surface area contributed by atoms with Crippen molar-refractivity contribution in [2.45, 2.75) is 13.8 Å². The van der Waals surface area contributed by atoms with Crippen molar-refractivity contribution in [2.24, 2.45) is 0 Å². The van der Waals surface area contributed by atoms with Gasteiger partial charge in [-0.3, -0.25) is 0 Å². The number of nitrogens with one attached hydrogen (secondary N) is 1. The van der Waals surface area contributed by atoms with E-state index in [1.54, 1.807) is 0 Å². The summed E-state index contributed by atoms with van der Waals surface area (Å²) in [6.07, 6.45) is 1.32. The summed E-state index contributed by atoms with van der Waals surface area (Å²) in [7, 11) is 0. The van der Waals surface area contributed by atoms with Crippen LogP contribution in [0.5, 0.6) is 0 Å². The molecule has 2 rings (SSSR count). The summed E-state index contributed by atoms with van der Waals surface area (Å²) in [4.78, 5) is 3.91. The average molecular weight is 219 g/mol. The minimum absolute atomic E-state index is 0.630. The number of aromatic nitrogens is 2. The van der Waals surface area contributed by atoms with E-state index in [0.29, 0.717) is 5.82 Å². The van der Waals surface area contributed by atoms with Gasteiger partial charge in [0.05, 0.1) is 0 Å². The largest absolute Gasteiger partial charge is 0.342 e. The van der Waals surface area contributed by atoms with Gasteiger partial charge in [0.25, 0.3) is 0 Å². The van der Waals surface area contributed by atoms with E-state index in [-0.39, 0.29) is 0 Å². The molecule has 1 N–H and O–H groups in total. The second-order valence-corrected chi connectivity index (χ2v) is 3.08. The molecule has 0 atom stereocenters. The normalized spacial score (nSPS) is 9.38. The van der Waals surface area contributed by atoms with Gasteiger partial charge in [-0.15, -0.1) is 0 Å². The highest BCUT2D eigenvalue weighted by Gasteiger charge is 1.98. The minimum Gasteiger partial charge on any atom is -0.342 e. The monoisotopic (exact) mass is 219 g/mol. The maximum atomic E-state index is 4.61. The van der Waals surface area contributed by atoms with Gasteiger partial charge in [-0.2, -0.15) is 4.98 Å². The molecule has 0 saturated heterocycles. The van der Waals surface area contributed by atoms with Gasteiger partial charge in [0.2, 0.25) is 12.2 Å². The summed E-state index contributed by atoms with van der Waals surface area (Å²) in [5.41, 5.74) is 0.973. The third-order valence-electron chi connectivity index (χ3n) is 1.89. The molecule has 16 heavy (non-hydrogen) atoms. The van der Waals surface area contributed by atoms with Crippen molar-refractivity contribution < 1.29 is 4.52 Å². The standard InChI is InChI=1S/C8H6N2O.C4H11N/c1-2-4-7(5-3-1)8-9-6-11-10-8;1-3-5-4-2/h1-6H;5H,3-4H2,1-2H3. The molecule has 4 heteroatoms. The van der Waals surface area contributed by atoms with Gasteiger partial charge in [-0.05, 0) is 13.1 Å². The Kier molecular flexibility index (Phi) is 5.88. The Morgan fingerprint density at radius 1 is 1.12 bits per heavy atom. The van der Waals surface area contributed by atoms with Crippen LogP contribution in [-0.2, 0) is 0 Å². The first-order chi connectivity index (χ1) is 7.88. The van der Waals surface area contributed by atoms with Crippen molar-refractivity contribution in [2.75, 3.05) is 13.1 Å². The quantitative estimate of drug-likeness (QED) is 0.861. The van der Waals surface area contributed by atoms with Gasteiger partial charge in [0.15, 0.2) is 0 Å². The Bertz CT molecular complexity index is 357. The van der Waals surface area contributed by atoms with E-state index >= 15 is 0 Å². The highest BCUT2D eigenvalue weighted by Crippen LogP contribution is 2.11. The van der Waals surface area contributed by atoms with E-state index in [1.165, 1.54) is 6.39 Å². The fraction of sp³-hybridized carbons (Fsp3) is 0.333. The van der Waals surface area contributed by atoms with Gasteiger partial charge in [0, 0.05) is 5.56 Å². The van der Waals surface area contributed by atoms with E-state index < -0.39 is 0 Å². The molecule has 2 aromatic rings. The van der Waals surface area contributed by atoms with Gasteiger partial charge >= 0.3 is 0 Å². The molecule has 0 amide bonds. The van der Waals surface area contributed by atoms with Crippen molar-refractivity contribution in [1.29, 1.82) is 0 Å². The van der Waals surface area contributed by atoms with E-state index in [0.717, 1.165) is 18.7 Å². The zero-order chi connectivity index (χ0) is 11.6. The number of hydrogen-bond donors (Lipinski definition) is 1. The van der Waals surface area contributed by atoms with Crippen LogP contribution in [0.1, 0.15) is 13.8 Å². The lowest BCUT2D eigenvalue weighted by molar-refractivity contribution is 0.419. The highest BCUT2D eigenvalue weighted by molar-refractivity contribution is 5.52. The third-order valence-corrected chi connectivity index (χ3v) is 1.89. The van der Waals surface area contributed by atoms with Crippen LogP contribution in [0.4, 0.5) is 0 Å². The fourth-order valence-corrected chi connectivity index (χ4v) is 1.14. The summed E-state index contributed by atoms with van der Waals surface area (Å²) in [5, 5.41) is 6.81. The number of nitrogens with zero attached hydrogens (tertiary/aromatic N) is 2. The van der Waals surface area contributed by atoms with Crippen LogP contribution in [-0.4, -0.2) is 23.2 Å². The average Bonchev–Trinajstić information content (AvgIpc) is 2.86. The first-order valence-corrected chi connectivity index (χ1v) is 5.41. The van der Waals surface area contributed by atoms with Crippen molar-refractivity contribution in [1.82, 2.24) is 15.5 Å². The van der Waals surface area contributed by atoms with Crippen LogP contribution in [0, 0.1) is 0 Å². The van der Waals surface area contributed by atoms with Crippen molar-refractivity contribution in [3.05, 3.63) is 36.7 Å². The van der Waals surface area contributed by atoms with Gasteiger partial charge in [-0.1, -0.05) is 49.3 Å². The third kappa shape index (κ3) is 4.23. The second kappa shape index (κ2) is 7.59. The first kappa shape index (κ1) is 12.4. The maximum absolute atomic E-state index is 4.61. The molecule has 0 aliphatic carbocycles. The molecule has 0 aliphatic rings. The zero-order valence-corrected chi connectivity index (χ0v) is 9.68. The summed E-state index contributed by atoms with van der Waals surface area (Å²) >= 11 is 0. The molecule has 0 bridgehead atoms. The number of rotatable bonds is 3. The second-order valence-electron chi connectivity index (χ2n) is 3.08. The summed E-state index contributed by atoms with van der Waals surface area (Å²) in [5.74, 6) is 0.630. The van der Waals surface area contributed by atoms with E-state index in [2.05, 4.69) is 33.8 Å². The smallest absolute Gasteiger partial charge is 0.214 e. The molecule has 1 heterocycles. The van der Waals surface area contributed by atoms with E-state index in [4.69, 9.17) is 0 Å². The Hall–Kier alpha value is -1.68. The topological polar surface area (TPSA) is 51.0 Å². The zero-order valence-electron chi connectivity index (χ0n) is 9.68. The Balaban J connectivity index is 0.000000221. The molecule has 0 saturated carbocycles. The minimum atomic E-state index is 0.630. The Labute approximate surface area is 95.7 Å². The molecule has 0 fully saturated rings. The van der Waals surface area contributed by atoms with Crippen molar-refractivity contribution >= 4 is 0 Å².